The Labute approximate surface area is 97.9 Å². The lowest BCUT2D eigenvalue weighted by Crippen LogP contribution is -2.59. The molecule has 1 aliphatic rings. The third kappa shape index (κ3) is 2.47. The van der Waals surface area contributed by atoms with Gasteiger partial charge in [-0.2, -0.15) is 0 Å². The van der Waals surface area contributed by atoms with Crippen LogP contribution < -0.4 is 5.73 Å². The van der Waals surface area contributed by atoms with Crippen LogP contribution in [-0.2, 0) is 0 Å². The Balaban J connectivity index is 2.59. The minimum absolute atomic E-state index is 0.0255. The van der Waals surface area contributed by atoms with E-state index in [1.165, 1.54) is 19.3 Å². The fraction of sp³-hybridized carbons (Fsp3) is 0.909. The molecule has 1 rings (SSSR count). The fourth-order valence-electron chi connectivity index (χ4n) is 2.24. The van der Waals surface area contributed by atoms with Gasteiger partial charge in [0.1, 0.15) is 0 Å². The molecule has 5 nitrogen and oxygen atoms in total. The summed E-state index contributed by atoms with van der Waals surface area (Å²) in [7, 11) is 6.27. The van der Waals surface area contributed by atoms with E-state index in [4.69, 9.17) is 10.9 Å². The number of likely N-dealkylation sites (N-methyl/N-ethyl adjacent to an activating group) is 2. The van der Waals surface area contributed by atoms with Crippen molar-refractivity contribution < 1.29 is 5.21 Å². The molecule has 0 aromatic carbocycles. The van der Waals surface area contributed by atoms with Gasteiger partial charge in [0, 0.05) is 12.1 Å². The van der Waals surface area contributed by atoms with Crippen molar-refractivity contribution in [2.45, 2.75) is 37.8 Å². The highest BCUT2D eigenvalue weighted by molar-refractivity contribution is 5.84. The molecule has 0 bridgehead atoms. The average molecular weight is 228 g/mol. The van der Waals surface area contributed by atoms with Gasteiger partial charge in [-0.1, -0.05) is 5.16 Å². The molecule has 94 valence electrons. The van der Waals surface area contributed by atoms with Crippen LogP contribution in [0.5, 0.6) is 0 Å². The third-order valence-electron chi connectivity index (χ3n) is 3.98. The lowest BCUT2D eigenvalue weighted by molar-refractivity contribution is 0.0242. The van der Waals surface area contributed by atoms with E-state index in [1.807, 2.05) is 14.0 Å². The maximum Gasteiger partial charge on any atom is 0.156 e. The maximum absolute atomic E-state index is 8.66. The first-order chi connectivity index (χ1) is 7.43. The van der Waals surface area contributed by atoms with Crippen LogP contribution in [0.4, 0.5) is 0 Å². The van der Waals surface area contributed by atoms with Gasteiger partial charge in [-0.25, -0.2) is 0 Å². The highest BCUT2D eigenvalue weighted by atomic mass is 16.4. The monoisotopic (exact) mass is 228 g/mol. The van der Waals surface area contributed by atoms with E-state index in [0.29, 0.717) is 0 Å². The molecule has 16 heavy (non-hydrogen) atoms. The zero-order valence-corrected chi connectivity index (χ0v) is 10.8. The second kappa shape index (κ2) is 5.01. The largest absolute Gasteiger partial charge is 0.409 e. The van der Waals surface area contributed by atoms with Crippen molar-refractivity contribution in [2.75, 3.05) is 27.7 Å². The number of amidine groups is 1. The van der Waals surface area contributed by atoms with Gasteiger partial charge in [0.25, 0.3) is 0 Å². The van der Waals surface area contributed by atoms with E-state index in [-0.39, 0.29) is 17.4 Å². The minimum atomic E-state index is -0.0255. The number of hydrogen-bond donors (Lipinski definition) is 2. The van der Waals surface area contributed by atoms with Gasteiger partial charge >= 0.3 is 0 Å². The van der Waals surface area contributed by atoms with E-state index in [0.717, 1.165) is 6.54 Å². The summed E-state index contributed by atoms with van der Waals surface area (Å²) in [4.78, 5) is 4.44. The van der Waals surface area contributed by atoms with Gasteiger partial charge in [0.2, 0.25) is 0 Å². The second-order valence-corrected chi connectivity index (χ2v) is 5.09. The number of hydrogen-bond acceptors (Lipinski definition) is 4. The number of nitrogens with two attached hydrogens (primary N) is 1. The summed E-state index contributed by atoms with van der Waals surface area (Å²) in [5.74, 6) is 0.274. The van der Waals surface area contributed by atoms with Gasteiger partial charge in [-0.15, -0.1) is 0 Å². The second-order valence-electron chi connectivity index (χ2n) is 5.09. The van der Waals surface area contributed by atoms with Gasteiger partial charge in [-0.3, -0.25) is 4.90 Å². The number of nitrogens with zero attached hydrogens (tertiary/aromatic N) is 3. The number of rotatable bonds is 5. The SMILES string of the molecule is CC(C(N)=NO)N(C)CC1(N(C)C)CCC1. The Morgan fingerprint density at radius 1 is 1.44 bits per heavy atom. The summed E-state index contributed by atoms with van der Waals surface area (Å²) < 4.78 is 0. The smallest absolute Gasteiger partial charge is 0.156 e. The van der Waals surface area contributed by atoms with Crippen LogP contribution in [0.1, 0.15) is 26.2 Å². The Hall–Kier alpha value is -0.810. The van der Waals surface area contributed by atoms with E-state index < -0.39 is 0 Å². The molecular weight excluding hydrogens is 204 g/mol. The molecule has 0 heterocycles. The lowest BCUT2D eigenvalue weighted by Gasteiger charge is -2.50. The summed E-state index contributed by atoms with van der Waals surface area (Å²) in [6.07, 6.45) is 3.75. The fourth-order valence-corrected chi connectivity index (χ4v) is 2.24. The summed E-state index contributed by atoms with van der Waals surface area (Å²) in [6, 6.07) is -0.0255. The molecule has 1 unspecified atom stereocenters. The molecule has 0 aromatic heterocycles. The molecule has 0 spiro atoms. The van der Waals surface area contributed by atoms with E-state index in [2.05, 4.69) is 29.1 Å². The first kappa shape index (κ1) is 13.3. The van der Waals surface area contributed by atoms with Crippen LogP contribution in [0.25, 0.3) is 0 Å². The third-order valence-corrected chi connectivity index (χ3v) is 3.98. The van der Waals surface area contributed by atoms with Crippen LogP contribution in [0, 0.1) is 0 Å². The van der Waals surface area contributed by atoms with Gasteiger partial charge in [-0.05, 0) is 47.3 Å². The van der Waals surface area contributed by atoms with Crippen molar-refractivity contribution >= 4 is 5.84 Å². The normalized spacial score (nSPS) is 22.2. The van der Waals surface area contributed by atoms with Crippen molar-refractivity contribution in [3.63, 3.8) is 0 Å². The molecule has 0 aliphatic heterocycles. The zero-order chi connectivity index (χ0) is 12.3. The topological polar surface area (TPSA) is 65.1 Å². The van der Waals surface area contributed by atoms with Crippen LogP contribution in [-0.4, -0.2) is 60.1 Å². The minimum Gasteiger partial charge on any atom is -0.409 e. The van der Waals surface area contributed by atoms with Crippen LogP contribution in [0.3, 0.4) is 0 Å². The molecule has 1 atom stereocenters. The molecule has 1 fully saturated rings. The Morgan fingerprint density at radius 3 is 2.31 bits per heavy atom. The van der Waals surface area contributed by atoms with Gasteiger partial charge < -0.3 is 15.8 Å². The van der Waals surface area contributed by atoms with Crippen molar-refractivity contribution in [3.8, 4) is 0 Å². The molecule has 1 saturated carbocycles. The van der Waals surface area contributed by atoms with Crippen molar-refractivity contribution in [3.05, 3.63) is 0 Å². The maximum atomic E-state index is 8.66. The van der Waals surface area contributed by atoms with Crippen LogP contribution in [0.2, 0.25) is 0 Å². The Morgan fingerprint density at radius 2 is 2.00 bits per heavy atom. The lowest BCUT2D eigenvalue weighted by atomic mass is 9.75. The molecule has 0 aromatic rings. The average Bonchev–Trinajstić information content (AvgIpc) is 2.20. The van der Waals surface area contributed by atoms with Crippen LogP contribution >= 0.6 is 0 Å². The zero-order valence-electron chi connectivity index (χ0n) is 10.8. The summed E-state index contributed by atoms with van der Waals surface area (Å²) in [6.45, 7) is 2.91. The first-order valence-corrected chi connectivity index (χ1v) is 5.78. The quantitative estimate of drug-likeness (QED) is 0.312. The molecule has 1 aliphatic carbocycles. The molecule has 0 radical (unpaired) electrons. The highest BCUT2D eigenvalue weighted by Crippen LogP contribution is 2.36. The summed E-state index contributed by atoms with van der Waals surface area (Å²) >= 11 is 0. The first-order valence-electron chi connectivity index (χ1n) is 5.78. The summed E-state index contributed by atoms with van der Waals surface area (Å²) in [5, 5.41) is 11.7. The molecule has 0 amide bonds. The van der Waals surface area contributed by atoms with Crippen molar-refractivity contribution in [2.24, 2.45) is 10.9 Å². The van der Waals surface area contributed by atoms with Gasteiger partial charge in [0.15, 0.2) is 5.84 Å². The molecule has 5 heteroatoms. The molecule has 0 saturated heterocycles. The summed E-state index contributed by atoms with van der Waals surface area (Å²) in [5.41, 5.74) is 5.89. The van der Waals surface area contributed by atoms with Gasteiger partial charge in [0.05, 0.1) is 6.04 Å². The highest BCUT2D eigenvalue weighted by Gasteiger charge is 2.40. The molecule has 3 N–H and O–H groups in total. The van der Waals surface area contributed by atoms with Crippen LogP contribution in [0.15, 0.2) is 5.16 Å². The van der Waals surface area contributed by atoms with Crippen molar-refractivity contribution in [1.82, 2.24) is 9.80 Å². The number of oxime groups is 1. The van der Waals surface area contributed by atoms with Crippen molar-refractivity contribution in [1.29, 1.82) is 0 Å². The standard InChI is InChI=1S/C11H24N4O/c1-9(10(12)13-16)15(4)8-11(14(2)3)6-5-7-11/h9,16H,5-8H2,1-4H3,(H2,12,13). The Kier molecular flexibility index (Phi) is 4.15. The predicted molar refractivity (Wildman–Crippen MR) is 65.8 cm³/mol. The Bertz CT molecular complexity index is 261. The van der Waals surface area contributed by atoms with E-state index in [1.54, 1.807) is 0 Å². The predicted octanol–water partition coefficient (Wildman–Crippen LogP) is 0.537. The van der Waals surface area contributed by atoms with E-state index in [9.17, 15) is 0 Å². The van der Waals surface area contributed by atoms with E-state index >= 15 is 0 Å². The molecular formula is C11H24N4O.